The molecule has 1 aromatic heterocycles. The molecule has 6 nitrogen and oxygen atoms in total. The molecule has 0 spiro atoms. The average molecular weight is 416 g/mol. The molecule has 160 valence electrons. The van der Waals surface area contributed by atoms with E-state index < -0.39 is 0 Å². The van der Waals surface area contributed by atoms with Crippen LogP contribution in [0, 0.1) is 13.8 Å². The first-order valence-corrected chi connectivity index (χ1v) is 10.9. The summed E-state index contributed by atoms with van der Waals surface area (Å²) in [7, 11) is 0. The van der Waals surface area contributed by atoms with Crippen LogP contribution < -0.4 is 10.6 Å². The van der Waals surface area contributed by atoms with Crippen LogP contribution in [0.2, 0.25) is 0 Å². The van der Waals surface area contributed by atoms with Crippen molar-refractivity contribution in [2.24, 2.45) is 0 Å². The van der Waals surface area contributed by atoms with Gasteiger partial charge in [0.25, 0.3) is 5.91 Å². The van der Waals surface area contributed by atoms with Crippen LogP contribution in [0.5, 0.6) is 0 Å². The zero-order valence-electron chi connectivity index (χ0n) is 18.2. The van der Waals surface area contributed by atoms with Crippen LogP contribution in [-0.2, 0) is 6.54 Å². The van der Waals surface area contributed by atoms with Crippen molar-refractivity contribution in [2.45, 2.75) is 39.7 Å². The van der Waals surface area contributed by atoms with Crippen molar-refractivity contribution < 1.29 is 4.79 Å². The first-order chi connectivity index (χ1) is 15.0. The second-order valence-electron chi connectivity index (χ2n) is 8.16. The summed E-state index contributed by atoms with van der Waals surface area (Å²) in [6.07, 6.45) is 3.93. The molecule has 3 aromatic rings. The fraction of sp³-hybridized carbons (Fsp3) is 0.320. The Morgan fingerprint density at radius 3 is 2.13 bits per heavy atom. The minimum absolute atomic E-state index is 0.127. The lowest BCUT2D eigenvalue weighted by molar-refractivity contribution is 0.102. The molecule has 1 aliphatic heterocycles. The normalized spacial score (nSPS) is 14.3. The van der Waals surface area contributed by atoms with Gasteiger partial charge in [-0.3, -0.25) is 9.69 Å². The molecule has 2 aromatic carbocycles. The second kappa shape index (κ2) is 9.71. The predicted molar refractivity (Wildman–Crippen MR) is 125 cm³/mol. The molecule has 0 atom stereocenters. The van der Waals surface area contributed by atoms with Crippen molar-refractivity contribution in [3.8, 4) is 0 Å². The summed E-state index contributed by atoms with van der Waals surface area (Å²) in [5.74, 6) is 0.428. The summed E-state index contributed by atoms with van der Waals surface area (Å²) in [6, 6.07) is 17.4. The Hall–Kier alpha value is -3.25. The second-order valence-corrected chi connectivity index (χ2v) is 8.16. The Morgan fingerprint density at radius 2 is 1.48 bits per heavy atom. The van der Waals surface area contributed by atoms with E-state index in [1.165, 1.54) is 37.9 Å². The van der Waals surface area contributed by atoms with Gasteiger partial charge in [0.05, 0.1) is 0 Å². The van der Waals surface area contributed by atoms with Crippen molar-refractivity contribution in [2.75, 3.05) is 23.7 Å². The van der Waals surface area contributed by atoms with E-state index in [2.05, 4.69) is 37.6 Å². The van der Waals surface area contributed by atoms with Crippen LogP contribution in [0.4, 0.5) is 17.3 Å². The molecule has 0 aliphatic carbocycles. The van der Waals surface area contributed by atoms with E-state index in [9.17, 15) is 4.79 Å². The molecule has 0 bridgehead atoms. The topological polar surface area (TPSA) is 70.2 Å². The van der Waals surface area contributed by atoms with Crippen LogP contribution in [0.25, 0.3) is 0 Å². The molecule has 0 unspecified atom stereocenters. The average Bonchev–Trinajstić information content (AvgIpc) is 2.76. The molecular formula is C25H29N5O. The van der Waals surface area contributed by atoms with Crippen molar-refractivity contribution >= 4 is 23.2 Å². The molecule has 1 amide bonds. The number of aromatic nitrogens is 2. The molecule has 1 fully saturated rings. The van der Waals surface area contributed by atoms with Crippen molar-refractivity contribution in [3.05, 3.63) is 77.1 Å². The van der Waals surface area contributed by atoms with Crippen LogP contribution in [0.3, 0.4) is 0 Å². The third-order valence-corrected chi connectivity index (χ3v) is 5.45. The number of aryl methyl sites for hydroxylation is 2. The number of hydrogen-bond donors (Lipinski definition) is 2. The lowest BCUT2D eigenvalue weighted by Gasteiger charge is -2.26. The first-order valence-electron chi connectivity index (χ1n) is 10.9. The molecule has 1 saturated heterocycles. The van der Waals surface area contributed by atoms with E-state index in [1.807, 2.05) is 44.2 Å². The highest BCUT2D eigenvalue weighted by Crippen LogP contribution is 2.18. The number of rotatable bonds is 6. The third-order valence-electron chi connectivity index (χ3n) is 5.45. The Balaban J connectivity index is 1.33. The largest absolute Gasteiger partial charge is 0.324 e. The molecule has 2 N–H and O–H groups in total. The summed E-state index contributed by atoms with van der Waals surface area (Å²) in [5, 5.41) is 6.16. The number of amides is 1. The number of nitrogens with one attached hydrogen (secondary N) is 2. The Labute approximate surface area is 183 Å². The van der Waals surface area contributed by atoms with Crippen LogP contribution in [0.15, 0.2) is 54.6 Å². The molecule has 0 radical (unpaired) electrons. The minimum atomic E-state index is -0.127. The van der Waals surface area contributed by atoms with E-state index in [4.69, 9.17) is 0 Å². The SMILES string of the molecule is Cc1cc(C)nc(Nc2ccc(C(=O)Nc3ccc(CN4CCCCC4)cc3)cc2)n1. The van der Waals surface area contributed by atoms with Gasteiger partial charge in [0.1, 0.15) is 0 Å². The summed E-state index contributed by atoms with van der Waals surface area (Å²) >= 11 is 0. The lowest BCUT2D eigenvalue weighted by atomic mass is 10.1. The number of carbonyl (C=O) groups excluding carboxylic acids is 1. The fourth-order valence-corrected chi connectivity index (χ4v) is 3.89. The highest BCUT2D eigenvalue weighted by atomic mass is 16.1. The molecule has 0 saturated carbocycles. The molecule has 31 heavy (non-hydrogen) atoms. The zero-order valence-corrected chi connectivity index (χ0v) is 18.2. The van der Waals surface area contributed by atoms with Gasteiger partial charge in [-0.1, -0.05) is 18.6 Å². The van der Waals surface area contributed by atoms with Gasteiger partial charge in [-0.05, 0) is 87.8 Å². The smallest absolute Gasteiger partial charge is 0.255 e. The molecule has 4 rings (SSSR count). The number of carbonyl (C=O) groups is 1. The van der Waals surface area contributed by atoms with E-state index in [1.54, 1.807) is 12.1 Å². The maximum absolute atomic E-state index is 12.6. The van der Waals surface area contributed by atoms with Crippen LogP contribution >= 0.6 is 0 Å². The standard InChI is InChI=1S/C25H29N5O/c1-18-16-19(2)27-25(26-18)29-23-12-8-21(9-13-23)24(31)28-22-10-6-20(7-11-22)17-30-14-4-3-5-15-30/h6-13,16H,3-5,14-15,17H2,1-2H3,(H,28,31)(H,26,27,29). The number of anilines is 3. The van der Waals surface area contributed by atoms with Crippen LogP contribution in [0.1, 0.15) is 46.6 Å². The summed E-state index contributed by atoms with van der Waals surface area (Å²) in [5.41, 5.74) is 5.34. The van der Waals surface area contributed by atoms with Gasteiger partial charge in [0.2, 0.25) is 5.95 Å². The van der Waals surface area contributed by atoms with E-state index in [0.717, 1.165) is 29.3 Å². The maximum atomic E-state index is 12.6. The summed E-state index contributed by atoms with van der Waals surface area (Å²) < 4.78 is 0. The van der Waals surface area contributed by atoms with Gasteiger partial charge in [-0.25, -0.2) is 9.97 Å². The van der Waals surface area contributed by atoms with Gasteiger partial charge in [0, 0.05) is 34.9 Å². The quantitative estimate of drug-likeness (QED) is 0.588. The molecular weight excluding hydrogens is 386 g/mol. The van der Waals surface area contributed by atoms with E-state index in [0.29, 0.717) is 11.5 Å². The zero-order chi connectivity index (χ0) is 21.6. The maximum Gasteiger partial charge on any atom is 0.255 e. The predicted octanol–water partition coefficient (Wildman–Crippen LogP) is 5.08. The Kier molecular flexibility index (Phi) is 6.57. The van der Waals surface area contributed by atoms with Gasteiger partial charge >= 0.3 is 0 Å². The lowest BCUT2D eigenvalue weighted by Crippen LogP contribution is -2.29. The number of likely N-dealkylation sites (tertiary alicyclic amines) is 1. The van der Waals surface area contributed by atoms with Crippen molar-refractivity contribution in [1.29, 1.82) is 0 Å². The minimum Gasteiger partial charge on any atom is -0.324 e. The van der Waals surface area contributed by atoms with E-state index >= 15 is 0 Å². The van der Waals surface area contributed by atoms with E-state index in [-0.39, 0.29) is 5.91 Å². The van der Waals surface area contributed by atoms with Gasteiger partial charge in [-0.2, -0.15) is 0 Å². The monoisotopic (exact) mass is 415 g/mol. The molecule has 2 heterocycles. The van der Waals surface area contributed by atoms with Crippen molar-refractivity contribution in [3.63, 3.8) is 0 Å². The first kappa shape index (κ1) is 21.0. The summed E-state index contributed by atoms with van der Waals surface area (Å²) in [6.45, 7) is 7.21. The van der Waals surface area contributed by atoms with Gasteiger partial charge in [0.15, 0.2) is 0 Å². The highest BCUT2D eigenvalue weighted by molar-refractivity contribution is 6.04. The fourth-order valence-electron chi connectivity index (χ4n) is 3.89. The van der Waals surface area contributed by atoms with Crippen molar-refractivity contribution in [1.82, 2.24) is 14.9 Å². The summed E-state index contributed by atoms with van der Waals surface area (Å²) in [4.78, 5) is 23.9. The Morgan fingerprint density at radius 1 is 0.871 bits per heavy atom. The Bertz CT molecular complexity index is 1000. The number of nitrogens with zero attached hydrogens (tertiary/aromatic N) is 3. The third kappa shape index (κ3) is 5.89. The van der Waals surface area contributed by atoms with Gasteiger partial charge in [-0.15, -0.1) is 0 Å². The number of hydrogen-bond acceptors (Lipinski definition) is 5. The highest BCUT2D eigenvalue weighted by Gasteiger charge is 2.11. The number of piperidine rings is 1. The number of benzene rings is 2. The van der Waals surface area contributed by atoms with Gasteiger partial charge < -0.3 is 10.6 Å². The van der Waals surface area contributed by atoms with Crippen LogP contribution in [-0.4, -0.2) is 33.9 Å². The molecule has 1 aliphatic rings. The molecule has 6 heteroatoms.